The Morgan fingerprint density at radius 3 is 2.77 bits per heavy atom. The Hall–Kier alpha value is -2.01. The van der Waals surface area contributed by atoms with Gasteiger partial charge in [-0.3, -0.25) is 9.69 Å². The Morgan fingerprint density at radius 2 is 2.07 bits per heavy atom. The van der Waals surface area contributed by atoms with Gasteiger partial charge in [0.1, 0.15) is 11.5 Å². The first kappa shape index (κ1) is 22.7. The fourth-order valence-electron chi connectivity index (χ4n) is 3.73. The van der Waals surface area contributed by atoms with Crippen LogP contribution in [0.3, 0.4) is 0 Å². The van der Waals surface area contributed by atoms with Crippen molar-refractivity contribution in [2.75, 3.05) is 13.2 Å². The van der Waals surface area contributed by atoms with Crippen molar-refractivity contribution in [2.45, 2.75) is 45.7 Å². The van der Waals surface area contributed by atoms with Crippen LogP contribution in [-0.2, 0) is 6.54 Å². The summed E-state index contributed by atoms with van der Waals surface area (Å²) in [6.45, 7) is 6.33. The number of piperidine rings is 1. The highest BCUT2D eigenvalue weighted by molar-refractivity contribution is 6.35. The van der Waals surface area contributed by atoms with E-state index in [2.05, 4.69) is 11.8 Å². The first-order valence-electron chi connectivity index (χ1n) is 10.3. The average Bonchev–Trinajstić information content (AvgIpc) is 2.70. The molecule has 0 bridgehead atoms. The maximum Gasteiger partial charge on any atom is 0.189 e. The van der Waals surface area contributed by atoms with E-state index in [1.54, 1.807) is 36.4 Å². The first-order chi connectivity index (χ1) is 14.4. The summed E-state index contributed by atoms with van der Waals surface area (Å²) in [5.74, 6) is 0.231. The van der Waals surface area contributed by atoms with Crippen molar-refractivity contribution in [1.29, 1.82) is 0 Å². The van der Waals surface area contributed by atoms with Gasteiger partial charge in [-0.2, -0.15) is 0 Å². The van der Waals surface area contributed by atoms with E-state index in [-0.39, 0.29) is 17.1 Å². The zero-order valence-corrected chi connectivity index (χ0v) is 18.8. The van der Waals surface area contributed by atoms with Crippen LogP contribution >= 0.6 is 23.2 Å². The zero-order chi connectivity index (χ0) is 21.7. The second kappa shape index (κ2) is 10.3. The van der Waals surface area contributed by atoms with Crippen LogP contribution in [0, 0.1) is 0 Å². The minimum absolute atomic E-state index is 0.0919. The van der Waals surface area contributed by atoms with E-state index in [0.717, 1.165) is 12.1 Å². The summed E-state index contributed by atoms with van der Waals surface area (Å²) < 4.78 is 5.74. The lowest BCUT2D eigenvalue weighted by atomic mass is 10.00. The van der Waals surface area contributed by atoms with Crippen molar-refractivity contribution in [2.24, 2.45) is 0 Å². The van der Waals surface area contributed by atoms with Gasteiger partial charge in [0.05, 0.1) is 12.2 Å². The van der Waals surface area contributed by atoms with Gasteiger partial charge in [-0.05, 0) is 69.1 Å². The molecule has 2 aromatic rings. The SMILES string of the molecule is CCOc1cc(O)c(C(=O)/C=C/c2ccc(Cl)cc2Cl)cc1CN1CCCCC1C. The predicted octanol–water partition coefficient (Wildman–Crippen LogP) is 6.37. The molecule has 1 aliphatic heterocycles. The Labute approximate surface area is 188 Å². The molecule has 30 heavy (non-hydrogen) atoms. The van der Waals surface area contributed by atoms with Crippen molar-refractivity contribution in [3.63, 3.8) is 0 Å². The second-order valence-electron chi connectivity index (χ2n) is 7.59. The Balaban J connectivity index is 1.87. The molecule has 6 heteroatoms. The molecule has 1 fully saturated rings. The highest BCUT2D eigenvalue weighted by Gasteiger charge is 2.22. The van der Waals surface area contributed by atoms with Gasteiger partial charge in [-0.15, -0.1) is 0 Å². The Morgan fingerprint density at radius 1 is 1.27 bits per heavy atom. The summed E-state index contributed by atoms with van der Waals surface area (Å²) in [5, 5.41) is 11.5. The number of benzene rings is 2. The van der Waals surface area contributed by atoms with Crippen molar-refractivity contribution >= 4 is 35.1 Å². The number of ether oxygens (including phenoxy) is 1. The number of nitrogens with zero attached hydrogens (tertiary/aromatic N) is 1. The smallest absolute Gasteiger partial charge is 0.189 e. The van der Waals surface area contributed by atoms with Crippen molar-refractivity contribution in [3.8, 4) is 11.5 Å². The molecule has 2 aromatic carbocycles. The van der Waals surface area contributed by atoms with Gasteiger partial charge in [-0.25, -0.2) is 0 Å². The topological polar surface area (TPSA) is 49.8 Å². The molecule has 1 N–H and O–H groups in total. The number of hydrogen-bond donors (Lipinski definition) is 1. The number of phenolic OH excluding ortho intramolecular Hbond substituents is 1. The van der Waals surface area contributed by atoms with Crippen LogP contribution in [0.4, 0.5) is 0 Å². The molecule has 0 amide bonds. The molecule has 1 saturated heterocycles. The quantitative estimate of drug-likeness (QED) is 0.395. The molecule has 4 nitrogen and oxygen atoms in total. The van der Waals surface area contributed by atoms with Gasteiger partial charge in [0.2, 0.25) is 0 Å². The lowest BCUT2D eigenvalue weighted by Crippen LogP contribution is -2.36. The molecular weight excluding hydrogens is 421 g/mol. The van der Waals surface area contributed by atoms with Gasteiger partial charge in [-0.1, -0.05) is 35.7 Å². The molecule has 3 rings (SSSR count). The van der Waals surface area contributed by atoms with E-state index in [1.165, 1.54) is 25.3 Å². The lowest BCUT2D eigenvalue weighted by molar-refractivity contribution is 0.104. The van der Waals surface area contributed by atoms with E-state index in [1.807, 2.05) is 6.92 Å². The minimum Gasteiger partial charge on any atom is -0.507 e. The summed E-state index contributed by atoms with van der Waals surface area (Å²) in [6, 6.07) is 8.86. The van der Waals surface area contributed by atoms with Crippen molar-refractivity contribution < 1.29 is 14.6 Å². The standard InChI is InChI=1S/C24H27Cl2NO3/c1-3-30-24-14-23(29)20(12-18(24)15-27-11-5-4-6-16(27)2)22(28)10-8-17-7-9-19(25)13-21(17)26/h7-10,12-14,16,29H,3-6,11,15H2,1-2H3/b10-8+. The number of carbonyl (C=O) groups is 1. The number of halogens is 2. The van der Waals surface area contributed by atoms with Gasteiger partial charge in [0.25, 0.3) is 0 Å². The third-order valence-corrected chi connectivity index (χ3v) is 6.00. The highest BCUT2D eigenvalue weighted by Crippen LogP contribution is 2.32. The predicted molar refractivity (Wildman–Crippen MR) is 123 cm³/mol. The molecule has 160 valence electrons. The summed E-state index contributed by atoms with van der Waals surface area (Å²) in [4.78, 5) is 15.2. The number of allylic oxidation sites excluding steroid dienone is 1. The van der Waals surface area contributed by atoms with Crippen LogP contribution in [0.25, 0.3) is 6.08 Å². The monoisotopic (exact) mass is 447 g/mol. The third kappa shape index (κ3) is 5.57. The van der Waals surface area contributed by atoms with Crippen molar-refractivity contribution in [1.82, 2.24) is 4.90 Å². The molecule has 1 atom stereocenters. The van der Waals surface area contributed by atoms with Crippen LogP contribution in [-0.4, -0.2) is 35.0 Å². The summed E-state index contributed by atoms with van der Waals surface area (Å²) in [5.41, 5.74) is 1.84. The van der Waals surface area contributed by atoms with E-state index in [0.29, 0.717) is 40.6 Å². The van der Waals surface area contributed by atoms with Crippen LogP contribution in [0.5, 0.6) is 11.5 Å². The molecule has 1 unspecified atom stereocenters. The van der Waals surface area contributed by atoms with Crippen LogP contribution in [0.15, 0.2) is 36.4 Å². The van der Waals surface area contributed by atoms with E-state index in [9.17, 15) is 9.90 Å². The Kier molecular flexibility index (Phi) is 7.81. The normalized spacial score (nSPS) is 17.4. The fraction of sp³-hybridized carbons (Fsp3) is 0.375. The maximum absolute atomic E-state index is 12.8. The molecule has 1 aliphatic rings. The molecule has 0 aromatic heterocycles. The van der Waals surface area contributed by atoms with Gasteiger partial charge in [0.15, 0.2) is 5.78 Å². The van der Waals surface area contributed by atoms with E-state index >= 15 is 0 Å². The second-order valence-corrected chi connectivity index (χ2v) is 8.43. The lowest BCUT2D eigenvalue weighted by Gasteiger charge is -2.33. The van der Waals surface area contributed by atoms with Crippen molar-refractivity contribution in [3.05, 3.63) is 63.1 Å². The fourth-order valence-corrected chi connectivity index (χ4v) is 4.20. The Bertz CT molecular complexity index is 942. The number of aromatic hydroxyl groups is 1. The number of ketones is 1. The molecule has 0 radical (unpaired) electrons. The first-order valence-corrected chi connectivity index (χ1v) is 11.0. The molecular formula is C24H27Cl2NO3. The highest BCUT2D eigenvalue weighted by atomic mass is 35.5. The van der Waals surface area contributed by atoms with E-state index in [4.69, 9.17) is 27.9 Å². The summed E-state index contributed by atoms with van der Waals surface area (Å²) >= 11 is 12.1. The molecule has 1 heterocycles. The molecule has 0 saturated carbocycles. The summed E-state index contributed by atoms with van der Waals surface area (Å²) in [7, 11) is 0. The number of phenols is 1. The number of hydrogen-bond acceptors (Lipinski definition) is 4. The number of likely N-dealkylation sites (tertiary alicyclic amines) is 1. The van der Waals surface area contributed by atoms with Crippen LogP contribution in [0.2, 0.25) is 10.0 Å². The maximum atomic E-state index is 12.8. The van der Waals surface area contributed by atoms with Gasteiger partial charge < -0.3 is 9.84 Å². The largest absolute Gasteiger partial charge is 0.507 e. The van der Waals surface area contributed by atoms with E-state index < -0.39 is 0 Å². The number of rotatable bonds is 7. The number of carbonyl (C=O) groups excluding carboxylic acids is 1. The summed E-state index contributed by atoms with van der Waals surface area (Å²) in [6.07, 6.45) is 6.62. The minimum atomic E-state index is -0.297. The van der Waals surface area contributed by atoms with Crippen LogP contribution in [0.1, 0.15) is 54.6 Å². The third-order valence-electron chi connectivity index (χ3n) is 5.43. The van der Waals surface area contributed by atoms with Gasteiger partial charge >= 0.3 is 0 Å². The molecule has 0 aliphatic carbocycles. The van der Waals surface area contributed by atoms with Gasteiger partial charge in [0, 0.05) is 34.3 Å². The average molecular weight is 448 g/mol. The zero-order valence-electron chi connectivity index (χ0n) is 17.3. The van der Waals surface area contributed by atoms with Crippen LogP contribution < -0.4 is 4.74 Å². The molecule has 0 spiro atoms.